The van der Waals surface area contributed by atoms with Gasteiger partial charge < -0.3 is 9.73 Å². The van der Waals surface area contributed by atoms with Crippen molar-refractivity contribution < 1.29 is 4.42 Å². The Morgan fingerprint density at radius 3 is 2.83 bits per heavy atom. The molecule has 1 heterocycles. The van der Waals surface area contributed by atoms with E-state index in [1.165, 1.54) is 0 Å². The summed E-state index contributed by atoms with van der Waals surface area (Å²) in [7, 11) is 0. The summed E-state index contributed by atoms with van der Waals surface area (Å²) in [6.07, 6.45) is 2.15. The topological polar surface area (TPSA) is 47.2 Å². The minimum Gasteiger partial charge on any atom is -0.408 e. The molecule has 1 atom stereocenters. The molecule has 18 heavy (non-hydrogen) atoms. The van der Waals surface area contributed by atoms with Crippen LogP contribution in [0.15, 0.2) is 33.5 Å². The van der Waals surface area contributed by atoms with Crippen LogP contribution in [0.3, 0.4) is 0 Å². The summed E-state index contributed by atoms with van der Waals surface area (Å²) in [5, 5.41) is 3.41. The van der Waals surface area contributed by atoms with Crippen LogP contribution in [0.4, 0.5) is 0 Å². The number of benzene rings is 1. The molecule has 2 aromatic rings. The molecule has 2 rings (SSSR count). The third kappa shape index (κ3) is 2.64. The minimum atomic E-state index is -0.268. The Morgan fingerprint density at radius 2 is 2.11 bits per heavy atom. The summed E-state index contributed by atoms with van der Waals surface area (Å²) in [6, 6.07) is 7.88. The predicted octanol–water partition coefficient (Wildman–Crippen LogP) is 2.37. The van der Waals surface area contributed by atoms with Gasteiger partial charge in [-0.05, 0) is 25.1 Å². The van der Waals surface area contributed by atoms with Crippen LogP contribution >= 0.6 is 0 Å². The molecule has 98 valence electrons. The maximum atomic E-state index is 11.9. The molecule has 4 nitrogen and oxygen atoms in total. The lowest BCUT2D eigenvalue weighted by atomic mass is 10.1. The number of rotatable bonds is 6. The Labute approximate surface area is 107 Å². The fraction of sp³-hybridized carbons (Fsp3) is 0.500. The largest absolute Gasteiger partial charge is 0.420 e. The molecule has 4 heteroatoms. The van der Waals surface area contributed by atoms with Crippen LogP contribution in [0.25, 0.3) is 11.1 Å². The van der Waals surface area contributed by atoms with Crippen LogP contribution in [0.5, 0.6) is 0 Å². The van der Waals surface area contributed by atoms with Gasteiger partial charge in [0.15, 0.2) is 5.58 Å². The summed E-state index contributed by atoms with van der Waals surface area (Å²) in [5.74, 6) is -0.268. The number of aromatic nitrogens is 1. The lowest BCUT2D eigenvalue weighted by molar-refractivity contribution is 0.407. The molecule has 0 aliphatic rings. The van der Waals surface area contributed by atoms with Crippen molar-refractivity contribution in [2.24, 2.45) is 0 Å². The maximum absolute atomic E-state index is 11.9. The molecule has 0 spiro atoms. The first kappa shape index (κ1) is 12.9. The molecule has 0 aliphatic carbocycles. The number of oxazole rings is 1. The summed E-state index contributed by atoms with van der Waals surface area (Å²) in [4.78, 5) is 11.9. The van der Waals surface area contributed by atoms with Gasteiger partial charge in [-0.1, -0.05) is 32.4 Å². The quantitative estimate of drug-likeness (QED) is 0.853. The van der Waals surface area contributed by atoms with E-state index in [1.807, 2.05) is 24.3 Å². The first-order chi connectivity index (χ1) is 8.76. The molecule has 0 saturated heterocycles. The van der Waals surface area contributed by atoms with E-state index >= 15 is 0 Å². The highest BCUT2D eigenvalue weighted by Gasteiger charge is 2.13. The average molecular weight is 248 g/mol. The Kier molecular flexibility index (Phi) is 4.20. The highest BCUT2D eigenvalue weighted by atomic mass is 16.4. The molecule has 0 bridgehead atoms. The number of hydrogen-bond acceptors (Lipinski definition) is 3. The number of fused-ring (bicyclic) bond motifs is 1. The zero-order valence-electron chi connectivity index (χ0n) is 11.0. The SMILES string of the molecule is CCCC(Cn1c(=O)oc2ccccc21)NCC. The Bertz CT molecular complexity index is 550. The third-order valence-corrected chi connectivity index (χ3v) is 3.11. The van der Waals surface area contributed by atoms with Crippen LogP contribution in [-0.4, -0.2) is 17.2 Å². The van der Waals surface area contributed by atoms with Gasteiger partial charge in [0, 0.05) is 12.6 Å². The lowest BCUT2D eigenvalue weighted by Crippen LogP contribution is -2.35. The molecule has 0 amide bonds. The van der Waals surface area contributed by atoms with Crippen molar-refractivity contribution in [3.63, 3.8) is 0 Å². The third-order valence-electron chi connectivity index (χ3n) is 3.11. The van der Waals surface area contributed by atoms with E-state index in [0.717, 1.165) is 24.9 Å². The molecule has 1 aromatic carbocycles. The van der Waals surface area contributed by atoms with Crippen LogP contribution in [0, 0.1) is 0 Å². The van der Waals surface area contributed by atoms with Gasteiger partial charge in [0.2, 0.25) is 0 Å². The van der Waals surface area contributed by atoms with E-state index in [4.69, 9.17) is 4.42 Å². The number of likely N-dealkylation sites (N-methyl/N-ethyl adjacent to an activating group) is 1. The first-order valence-electron chi connectivity index (χ1n) is 6.58. The van der Waals surface area contributed by atoms with Gasteiger partial charge in [0.25, 0.3) is 0 Å². The zero-order valence-corrected chi connectivity index (χ0v) is 11.0. The zero-order chi connectivity index (χ0) is 13.0. The van der Waals surface area contributed by atoms with Crippen molar-refractivity contribution in [3.05, 3.63) is 34.8 Å². The van der Waals surface area contributed by atoms with Crippen molar-refractivity contribution >= 4 is 11.1 Å². The van der Waals surface area contributed by atoms with Gasteiger partial charge >= 0.3 is 5.76 Å². The summed E-state index contributed by atoms with van der Waals surface area (Å²) in [5.41, 5.74) is 1.54. The maximum Gasteiger partial charge on any atom is 0.420 e. The van der Waals surface area contributed by atoms with Gasteiger partial charge in [0.1, 0.15) is 0 Å². The Balaban J connectivity index is 2.29. The van der Waals surface area contributed by atoms with E-state index in [2.05, 4.69) is 19.2 Å². The van der Waals surface area contributed by atoms with Gasteiger partial charge in [-0.3, -0.25) is 4.57 Å². The monoisotopic (exact) mass is 248 g/mol. The van der Waals surface area contributed by atoms with Crippen molar-refractivity contribution in [1.82, 2.24) is 9.88 Å². The first-order valence-corrected chi connectivity index (χ1v) is 6.58. The van der Waals surface area contributed by atoms with Gasteiger partial charge in [-0.25, -0.2) is 4.79 Å². The highest BCUT2D eigenvalue weighted by Crippen LogP contribution is 2.13. The smallest absolute Gasteiger partial charge is 0.408 e. The van der Waals surface area contributed by atoms with E-state index in [-0.39, 0.29) is 5.76 Å². The van der Waals surface area contributed by atoms with Crippen LogP contribution in [-0.2, 0) is 6.54 Å². The fourth-order valence-electron chi connectivity index (χ4n) is 2.30. The molecule has 1 N–H and O–H groups in total. The number of hydrogen-bond donors (Lipinski definition) is 1. The summed E-state index contributed by atoms with van der Waals surface area (Å²) < 4.78 is 6.96. The predicted molar refractivity (Wildman–Crippen MR) is 72.8 cm³/mol. The average Bonchev–Trinajstić information content (AvgIpc) is 2.67. The standard InChI is InChI=1S/C14H20N2O2/c1-3-7-11(15-4-2)10-16-12-8-5-6-9-13(12)18-14(16)17/h5-6,8-9,11,15H,3-4,7,10H2,1-2H3. The second-order valence-electron chi connectivity index (χ2n) is 4.49. The second-order valence-corrected chi connectivity index (χ2v) is 4.49. The molecule has 1 aromatic heterocycles. The van der Waals surface area contributed by atoms with Crippen LogP contribution < -0.4 is 11.1 Å². The lowest BCUT2D eigenvalue weighted by Gasteiger charge is -2.17. The molecule has 0 saturated carbocycles. The molecule has 0 radical (unpaired) electrons. The molecule has 0 aliphatic heterocycles. The van der Waals surface area contributed by atoms with Crippen molar-refractivity contribution in [1.29, 1.82) is 0 Å². The Hall–Kier alpha value is -1.55. The Morgan fingerprint density at radius 1 is 1.33 bits per heavy atom. The van der Waals surface area contributed by atoms with Crippen LogP contribution in [0.2, 0.25) is 0 Å². The van der Waals surface area contributed by atoms with Crippen molar-refractivity contribution in [3.8, 4) is 0 Å². The summed E-state index contributed by atoms with van der Waals surface area (Å²) in [6.45, 7) is 5.81. The van der Waals surface area contributed by atoms with Crippen LogP contribution in [0.1, 0.15) is 26.7 Å². The highest BCUT2D eigenvalue weighted by molar-refractivity contribution is 5.72. The van der Waals surface area contributed by atoms with E-state index in [0.29, 0.717) is 18.2 Å². The van der Waals surface area contributed by atoms with E-state index in [1.54, 1.807) is 4.57 Å². The summed E-state index contributed by atoms with van der Waals surface area (Å²) >= 11 is 0. The number of nitrogens with zero attached hydrogens (tertiary/aromatic N) is 1. The van der Waals surface area contributed by atoms with Crippen molar-refractivity contribution in [2.45, 2.75) is 39.3 Å². The minimum absolute atomic E-state index is 0.268. The van der Waals surface area contributed by atoms with Gasteiger partial charge in [-0.15, -0.1) is 0 Å². The second kappa shape index (κ2) is 5.87. The molecular formula is C14H20N2O2. The molecular weight excluding hydrogens is 228 g/mol. The normalized spacial score (nSPS) is 13.0. The van der Waals surface area contributed by atoms with Gasteiger partial charge in [0.05, 0.1) is 5.52 Å². The number of nitrogens with one attached hydrogen (secondary N) is 1. The van der Waals surface area contributed by atoms with E-state index in [9.17, 15) is 4.79 Å². The molecule has 0 fully saturated rings. The van der Waals surface area contributed by atoms with Crippen molar-refractivity contribution in [2.75, 3.05) is 6.54 Å². The van der Waals surface area contributed by atoms with E-state index < -0.39 is 0 Å². The number of para-hydroxylation sites is 2. The molecule has 1 unspecified atom stereocenters. The van der Waals surface area contributed by atoms with Gasteiger partial charge in [-0.2, -0.15) is 0 Å². The fourth-order valence-corrected chi connectivity index (χ4v) is 2.30.